The first kappa shape index (κ1) is 30.5. The predicted octanol–water partition coefficient (Wildman–Crippen LogP) is 14.7. The molecule has 0 N–H and O–H groups in total. The molecular weight excluding hydrogens is 685 g/mol. The van der Waals surface area contributed by atoms with Crippen molar-refractivity contribution in [2.75, 3.05) is 0 Å². The summed E-state index contributed by atoms with van der Waals surface area (Å²) in [6.07, 6.45) is 0. The van der Waals surface area contributed by atoms with Gasteiger partial charge in [0.15, 0.2) is 0 Å². The van der Waals surface area contributed by atoms with Crippen molar-refractivity contribution in [3.05, 3.63) is 194 Å². The summed E-state index contributed by atoms with van der Waals surface area (Å²) in [5.74, 6) is 0. The average molecular weight is 717 g/mol. The number of benzene rings is 9. The molecule has 55 heavy (non-hydrogen) atoms. The molecule has 0 amide bonds. The summed E-state index contributed by atoms with van der Waals surface area (Å²) in [7, 11) is 0. The van der Waals surface area contributed by atoms with Crippen LogP contribution in [0.3, 0.4) is 0 Å². The highest BCUT2D eigenvalue weighted by Crippen LogP contribution is 2.42. The van der Waals surface area contributed by atoms with Gasteiger partial charge in [-0.1, -0.05) is 133 Å². The Bertz CT molecular complexity index is 3490. The molecule has 0 saturated carbocycles. The molecule has 12 aromatic rings. The average Bonchev–Trinajstić information content (AvgIpc) is 3.91. The second kappa shape index (κ2) is 11.8. The SMILES string of the molecule is c1ccc(-c2ccccc2-n2c3ccc(-c4ccc5c(c4)c4ccccc4n5-c4ccc5sc6ccccc6c5c4)cc3c3ccc4ccccc4c32)cc1. The van der Waals surface area contributed by atoms with E-state index in [-0.39, 0.29) is 0 Å². The molecule has 0 radical (unpaired) electrons. The summed E-state index contributed by atoms with van der Waals surface area (Å²) in [5, 5.41) is 10.2. The first-order valence-electron chi connectivity index (χ1n) is 18.8. The monoisotopic (exact) mass is 716 g/mol. The molecule has 12 rings (SSSR count). The molecule has 9 aromatic carbocycles. The van der Waals surface area contributed by atoms with Crippen molar-refractivity contribution in [2.45, 2.75) is 0 Å². The van der Waals surface area contributed by atoms with Gasteiger partial charge in [-0.3, -0.25) is 0 Å². The molecule has 0 aliphatic rings. The number of hydrogen-bond donors (Lipinski definition) is 0. The van der Waals surface area contributed by atoms with E-state index in [1.54, 1.807) is 0 Å². The van der Waals surface area contributed by atoms with Crippen molar-refractivity contribution >= 4 is 85.9 Å². The zero-order valence-electron chi connectivity index (χ0n) is 29.8. The number of para-hydroxylation sites is 2. The van der Waals surface area contributed by atoms with Crippen LogP contribution in [0.1, 0.15) is 0 Å². The number of aromatic nitrogens is 2. The molecule has 0 aliphatic carbocycles. The summed E-state index contributed by atoms with van der Waals surface area (Å²) < 4.78 is 7.58. The molecule has 0 saturated heterocycles. The largest absolute Gasteiger partial charge is 0.309 e. The highest BCUT2D eigenvalue weighted by Gasteiger charge is 2.19. The van der Waals surface area contributed by atoms with Gasteiger partial charge in [0.05, 0.1) is 27.8 Å². The van der Waals surface area contributed by atoms with E-state index < -0.39 is 0 Å². The Labute approximate surface area is 321 Å². The van der Waals surface area contributed by atoms with Crippen LogP contribution in [-0.2, 0) is 0 Å². The number of hydrogen-bond acceptors (Lipinski definition) is 1. The van der Waals surface area contributed by atoms with Gasteiger partial charge in [-0.05, 0) is 82.7 Å². The number of thiophene rings is 1. The van der Waals surface area contributed by atoms with Gasteiger partial charge >= 0.3 is 0 Å². The predicted molar refractivity (Wildman–Crippen MR) is 236 cm³/mol. The van der Waals surface area contributed by atoms with Gasteiger partial charge in [-0.2, -0.15) is 0 Å². The Morgan fingerprint density at radius 1 is 0.327 bits per heavy atom. The second-order valence-electron chi connectivity index (χ2n) is 14.5. The fourth-order valence-corrected chi connectivity index (χ4v) is 10.1. The molecule has 3 heteroatoms. The smallest absolute Gasteiger partial charge is 0.0619 e. The number of nitrogens with zero attached hydrogens (tertiary/aromatic N) is 2. The first-order valence-corrected chi connectivity index (χ1v) is 19.7. The van der Waals surface area contributed by atoms with E-state index in [0.29, 0.717) is 0 Å². The van der Waals surface area contributed by atoms with Gasteiger partial charge in [-0.25, -0.2) is 0 Å². The van der Waals surface area contributed by atoms with E-state index in [4.69, 9.17) is 0 Å². The van der Waals surface area contributed by atoms with E-state index in [0.717, 1.165) is 0 Å². The van der Waals surface area contributed by atoms with Gasteiger partial charge in [0.2, 0.25) is 0 Å². The van der Waals surface area contributed by atoms with E-state index in [1.807, 2.05) is 11.3 Å². The Morgan fingerprint density at radius 3 is 1.82 bits per heavy atom. The Kier molecular flexibility index (Phi) is 6.54. The Morgan fingerprint density at radius 2 is 0.964 bits per heavy atom. The van der Waals surface area contributed by atoms with Crippen molar-refractivity contribution < 1.29 is 0 Å². The van der Waals surface area contributed by atoms with E-state index in [9.17, 15) is 0 Å². The summed E-state index contributed by atoms with van der Waals surface area (Å²) in [6, 6.07) is 71.5. The van der Waals surface area contributed by atoms with Crippen molar-refractivity contribution in [1.29, 1.82) is 0 Å². The minimum Gasteiger partial charge on any atom is -0.309 e. The van der Waals surface area contributed by atoms with Crippen molar-refractivity contribution in [1.82, 2.24) is 9.13 Å². The third-order valence-corrected chi connectivity index (χ3v) is 12.7. The van der Waals surface area contributed by atoms with Crippen LogP contribution in [0.25, 0.3) is 108 Å². The Balaban J connectivity index is 1.08. The maximum atomic E-state index is 2.49. The molecule has 3 aromatic heterocycles. The van der Waals surface area contributed by atoms with Crippen LogP contribution in [0.15, 0.2) is 194 Å². The van der Waals surface area contributed by atoms with Crippen LogP contribution >= 0.6 is 11.3 Å². The van der Waals surface area contributed by atoms with Gasteiger partial charge in [0, 0.05) is 58.4 Å². The van der Waals surface area contributed by atoms with Crippen molar-refractivity contribution in [3.63, 3.8) is 0 Å². The van der Waals surface area contributed by atoms with Gasteiger partial charge in [-0.15, -0.1) is 11.3 Å². The second-order valence-corrected chi connectivity index (χ2v) is 15.6. The minimum atomic E-state index is 1.18. The quantitative estimate of drug-likeness (QED) is 0.172. The van der Waals surface area contributed by atoms with Crippen molar-refractivity contribution in [3.8, 4) is 33.6 Å². The molecule has 0 spiro atoms. The number of fused-ring (bicyclic) bond motifs is 11. The topological polar surface area (TPSA) is 9.86 Å². The summed E-state index contributed by atoms with van der Waals surface area (Å²) in [4.78, 5) is 0. The van der Waals surface area contributed by atoms with Gasteiger partial charge < -0.3 is 9.13 Å². The zero-order chi connectivity index (χ0) is 36.0. The number of rotatable bonds is 4. The molecule has 256 valence electrons. The van der Waals surface area contributed by atoms with Crippen LogP contribution in [0.4, 0.5) is 0 Å². The Hall–Kier alpha value is -6.94. The van der Waals surface area contributed by atoms with Gasteiger partial charge in [0.25, 0.3) is 0 Å². The first-order chi connectivity index (χ1) is 27.3. The van der Waals surface area contributed by atoms with Gasteiger partial charge in [0.1, 0.15) is 0 Å². The molecule has 0 aliphatic heterocycles. The van der Waals surface area contributed by atoms with E-state index in [2.05, 4.69) is 203 Å². The summed E-state index contributed by atoms with van der Waals surface area (Å²) in [6.45, 7) is 0. The van der Waals surface area contributed by atoms with Crippen LogP contribution in [-0.4, -0.2) is 9.13 Å². The third kappa shape index (κ3) is 4.54. The zero-order valence-corrected chi connectivity index (χ0v) is 30.6. The lowest BCUT2D eigenvalue weighted by molar-refractivity contribution is 1.19. The highest BCUT2D eigenvalue weighted by molar-refractivity contribution is 7.25. The highest BCUT2D eigenvalue weighted by atomic mass is 32.1. The van der Waals surface area contributed by atoms with E-state index >= 15 is 0 Å². The molecule has 0 bridgehead atoms. The third-order valence-electron chi connectivity index (χ3n) is 11.5. The molecule has 3 heterocycles. The maximum Gasteiger partial charge on any atom is 0.0619 e. The molecule has 0 fully saturated rings. The normalized spacial score (nSPS) is 12.0. The van der Waals surface area contributed by atoms with Crippen LogP contribution in [0.5, 0.6) is 0 Å². The van der Waals surface area contributed by atoms with Crippen molar-refractivity contribution in [2.24, 2.45) is 0 Å². The van der Waals surface area contributed by atoms with Crippen LogP contribution in [0, 0.1) is 0 Å². The van der Waals surface area contributed by atoms with E-state index in [1.165, 1.54) is 108 Å². The standard InChI is InChI=1S/C52H32N2S/c1-2-12-33(13-3-1)38-15-6-9-19-46(38)54-49-28-24-36(31-44(49)42-26-22-34-14-4-5-16-39(34)52(42)54)35-23-27-48-43(30-35)40-17-7-10-20-47(40)53(48)37-25-29-51-45(32-37)41-18-8-11-21-50(41)55-51/h1-32H. The summed E-state index contributed by atoms with van der Waals surface area (Å²) >= 11 is 1.87. The fraction of sp³-hybridized carbons (Fsp3) is 0. The fourth-order valence-electron chi connectivity index (χ4n) is 9.02. The lowest BCUT2D eigenvalue weighted by atomic mass is 10.00. The molecule has 0 unspecified atom stereocenters. The lowest BCUT2D eigenvalue weighted by Crippen LogP contribution is -1.97. The lowest BCUT2D eigenvalue weighted by Gasteiger charge is -2.15. The molecule has 2 nitrogen and oxygen atoms in total. The maximum absolute atomic E-state index is 2.49. The molecule has 0 atom stereocenters. The van der Waals surface area contributed by atoms with Crippen LogP contribution in [0.2, 0.25) is 0 Å². The van der Waals surface area contributed by atoms with Crippen LogP contribution < -0.4 is 0 Å². The summed E-state index contributed by atoms with van der Waals surface area (Å²) in [5.41, 5.74) is 12.1. The minimum absolute atomic E-state index is 1.18. The molecular formula is C52H32N2S.